The monoisotopic (exact) mass is 288 g/mol. The Hall–Kier alpha value is -1.87. The average Bonchev–Trinajstić information content (AvgIpc) is 2.24. The molecule has 0 unspecified atom stereocenters. The topological polar surface area (TPSA) is 52.1 Å². The first-order valence-corrected chi connectivity index (χ1v) is 4.61. The normalized spacial score (nSPS) is 12.6. The summed E-state index contributed by atoms with van der Waals surface area (Å²) >= 11 is 0. The van der Waals surface area contributed by atoms with Crippen molar-refractivity contribution in [1.29, 1.82) is 0 Å². The summed E-state index contributed by atoms with van der Waals surface area (Å²) in [6.07, 6.45) is -9.80. The summed E-state index contributed by atoms with van der Waals surface area (Å²) in [6, 6.07) is 0. The molecule has 0 N–H and O–H groups in total. The Balaban J connectivity index is 3.29. The summed E-state index contributed by atoms with van der Waals surface area (Å²) in [5, 5.41) is 0. The number of hydrogen-bond donors (Lipinski definition) is 0. The van der Waals surface area contributed by atoms with Crippen LogP contribution in [0.2, 0.25) is 0 Å². The first-order chi connectivity index (χ1) is 8.59. The van der Waals surface area contributed by atoms with Crippen LogP contribution >= 0.6 is 0 Å². The number of rotatable bonds is 3. The summed E-state index contributed by atoms with van der Waals surface area (Å²) in [5.74, 6) is -7.12. The molecule has 1 heterocycles. The molecule has 1 aromatic rings. The maximum Gasteiger partial charge on any atom is 0.407 e. The van der Waals surface area contributed by atoms with Gasteiger partial charge in [0.25, 0.3) is 0 Å². The van der Waals surface area contributed by atoms with E-state index in [9.17, 15) is 31.1 Å². The van der Waals surface area contributed by atoms with Crippen LogP contribution in [0.4, 0.5) is 26.3 Å². The van der Waals surface area contributed by atoms with Crippen molar-refractivity contribution < 1.29 is 35.9 Å². The summed E-state index contributed by atoms with van der Waals surface area (Å²) < 4.78 is 78.6. The van der Waals surface area contributed by atoms with E-state index in [4.69, 9.17) is 0 Å². The molecule has 0 saturated heterocycles. The first kappa shape index (κ1) is 15.2. The molecule has 0 atom stereocenters. The molecule has 4 nitrogen and oxygen atoms in total. The second-order valence-electron chi connectivity index (χ2n) is 3.29. The van der Waals surface area contributed by atoms with Crippen molar-refractivity contribution in [3.8, 4) is 5.88 Å². The van der Waals surface area contributed by atoms with E-state index in [1.54, 1.807) is 0 Å². The van der Waals surface area contributed by atoms with Gasteiger partial charge >= 0.3 is 12.4 Å². The number of nitrogens with zero attached hydrogens (tertiary/aromatic N) is 2. The highest BCUT2D eigenvalue weighted by Crippen LogP contribution is 2.41. The Kier molecular flexibility index (Phi) is 4.01. The fourth-order valence-corrected chi connectivity index (χ4v) is 1.26. The van der Waals surface area contributed by atoms with E-state index in [2.05, 4.69) is 14.7 Å². The fraction of sp³-hybridized carbons (Fsp3) is 0.444. The molecule has 1 rings (SSSR count). The van der Waals surface area contributed by atoms with Crippen molar-refractivity contribution in [2.45, 2.75) is 12.4 Å². The van der Waals surface area contributed by atoms with Crippen molar-refractivity contribution in [2.24, 2.45) is 5.92 Å². The highest BCUT2D eigenvalue weighted by Gasteiger charge is 2.61. The van der Waals surface area contributed by atoms with E-state index in [-0.39, 0.29) is 0 Å². The number of methoxy groups -OCH3 is 1. The molecule has 0 aliphatic heterocycles. The Bertz CT molecular complexity index is 457. The Morgan fingerprint density at radius 1 is 1.11 bits per heavy atom. The van der Waals surface area contributed by atoms with Crippen LogP contribution in [0.1, 0.15) is 10.5 Å². The molecule has 106 valence electrons. The molecule has 0 radical (unpaired) electrons. The number of hydrogen-bond acceptors (Lipinski definition) is 4. The number of ketones is 1. The molecule has 0 bridgehead atoms. The van der Waals surface area contributed by atoms with E-state index in [0.717, 1.165) is 19.5 Å². The lowest BCUT2D eigenvalue weighted by Crippen LogP contribution is -2.42. The van der Waals surface area contributed by atoms with Gasteiger partial charge in [0.2, 0.25) is 17.6 Å². The SMILES string of the molecule is COc1nccnc1C(=O)C(C(F)(F)F)C(F)(F)F. The van der Waals surface area contributed by atoms with E-state index in [1.165, 1.54) is 0 Å². The molecule has 0 aliphatic rings. The van der Waals surface area contributed by atoms with Crippen LogP contribution in [0.3, 0.4) is 0 Å². The Morgan fingerprint density at radius 3 is 2.00 bits per heavy atom. The predicted octanol–water partition coefficient (Wildman–Crippen LogP) is 2.41. The number of ether oxygens (including phenoxy) is 1. The number of halogens is 6. The predicted molar refractivity (Wildman–Crippen MR) is 48.5 cm³/mol. The van der Waals surface area contributed by atoms with Crippen molar-refractivity contribution in [3.05, 3.63) is 18.1 Å². The van der Waals surface area contributed by atoms with Gasteiger partial charge in [-0.1, -0.05) is 0 Å². The third-order valence-corrected chi connectivity index (χ3v) is 2.01. The van der Waals surface area contributed by atoms with Gasteiger partial charge in [-0.25, -0.2) is 9.97 Å². The van der Waals surface area contributed by atoms with Crippen molar-refractivity contribution in [3.63, 3.8) is 0 Å². The zero-order valence-corrected chi connectivity index (χ0v) is 9.21. The zero-order valence-electron chi connectivity index (χ0n) is 9.21. The molecular weight excluding hydrogens is 282 g/mol. The van der Waals surface area contributed by atoms with E-state index in [0.29, 0.717) is 0 Å². The molecule has 0 fully saturated rings. The molecule has 0 aromatic carbocycles. The smallest absolute Gasteiger partial charge is 0.407 e. The minimum atomic E-state index is -5.78. The van der Waals surface area contributed by atoms with Crippen LogP contribution in [0.15, 0.2) is 12.4 Å². The lowest BCUT2D eigenvalue weighted by atomic mass is 10.0. The van der Waals surface area contributed by atoms with Gasteiger partial charge in [-0.15, -0.1) is 0 Å². The van der Waals surface area contributed by atoms with Gasteiger partial charge in [0.05, 0.1) is 7.11 Å². The average molecular weight is 288 g/mol. The number of Topliss-reactive ketones (excluding diaryl/α,β-unsaturated/α-hetero) is 1. The lowest BCUT2D eigenvalue weighted by molar-refractivity contribution is -0.265. The molecule has 0 spiro atoms. The van der Waals surface area contributed by atoms with Crippen LogP contribution < -0.4 is 4.74 Å². The quantitative estimate of drug-likeness (QED) is 0.633. The molecule has 1 aromatic heterocycles. The Morgan fingerprint density at radius 2 is 1.58 bits per heavy atom. The van der Waals surface area contributed by atoms with E-state index >= 15 is 0 Å². The number of alkyl halides is 6. The minimum Gasteiger partial charge on any atom is -0.479 e. The standard InChI is InChI=1S/C9H6F6N2O2/c1-19-7-4(16-2-3-17-7)5(18)6(8(10,11)12)9(13,14)15/h2-3,6H,1H3. The summed E-state index contributed by atoms with van der Waals surface area (Å²) in [7, 11) is 0.941. The van der Waals surface area contributed by atoms with Crippen LogP contribution in [-0.2, 0) is 0 Å². The van der Waals surface area contributed by atoms with Gasteiger partial charge in [-0.05, 0) is 0 Å². The van der Waals surface area contributed by atoms with Gasteiger partial charge < -0.3 is 4.74 Å². The lowest BCUT2D eigenvalue weighted by Gasteiger charge is -2.21. The molecule has 0 amide bonds. The second-order valence-corrected chi connectivity index (χ2v) is 3.29. The van der Waals surface area contributed by atoms with Crippen LogP contribution in [0.5, 0.6) is 5.88 Å². The van der Waals surface area contributed by atoms with E-state index < -0.39 is 35.6 Å². The maximum absolute atomic E-state index is 12.4. The summed E-state index contributed by atoms with van der Waals surface area (Å²) in [6.45, 7) is 0. The third-order valence-electron chi connectivity index (χ3n) is 2.01. The van der Waals surface area contributed by atoms with Crippen LogP contribution in [0.25, 0.3) is 0 Å². The van der Waals surface area contributed by atoms with Crippen molar-refractivity contribution in [1.82, 2.24) is 9.97 Å². The van der Waals surface area contributed by atoms with Gasteiger partial charge in [0.1, 0.15) is 0 Å². The van der Waals surface area contributed by atoms with Crippen molar-refractivity contribution in [2.75, 3.05) is 7.11 Å². The van der Waals surface area contributed by atoms with Gasteiger partial charge in [0, 0.05) is 12.4 Å². The molecular formula is C9H6F6N2O2. The van der Waals surface area contributed by atoms with E-state index in [1.807, 2.05) is 0 Å². The summed E-state index contributed by atoms with van der Waals surface area (Å²) in [5.41, 5.74) is -1.12. The number of aromatic nitrogens is 2. The number of carbonyl (C=O) groups is 1. The highest BCUT2D eigenvalue weighted by atomic mass is 19.4. The third kappa shape index (κ3) is 3.32. The zero-order chi connectivity index (χ0) is 14.8. The van der Waals surface area contributed by atoms with Gasteiger partial charge in [-0.3, -0.25) is 4.79 Å². The van der Waals surface area contributed by atoms with Gasteiger partial charge in [-0.2, -0.15) is 26.3 Å². The van der Waals surface area contributed by atoms with Gasteiger partial charge in [0.15, 0.2) is 5.69 Å². The van der Waals surface area contributed by atoms with Crippen LogP contribution in [-0.4, -0.2) is 35.2 Å². The molecule has 19 heavy (non-hydrogen) atoms. The largest absolute Gasteiger partial charge is 0.479 e. The highest BCUT2D eigenvalue weighted by molar-refractivity contribution is 5.98. The maximum atomic E-state index is 12.4. The second kappa shape index (κ2) is 5.02. The summed E-state index contributed by atoms with van der Waals surface area (Å²) in [4.78, 5) is 17.9. The Labute approximate surface area is 102 Å². The molecule has 10 heteroatoms. The minimum absolute atomic E-state index is 0.703. The van der Waals surface area contributed by atoms with Crippen LogP contribution in [0, 0.1) is 5.92 Å². The fourth-order valence-electron chi connectivity index (χ4n) is 1.26. The first-order valence-electron chi connectivity index (χ1n) is 4.61. The van der Waals surface area contributed by atoms with Crippen molar-refractivity contribution >= 4 is 5.78 Å². The molecule has 0 aliphatic carbocycles. The molecule has 0 saturated carbocycles. The number of carbonyl (C=O) groups excluding carboxylic acids is 1.